The Labute approximate surface area is 64.3 Å². The second kappa shape index (κ2) is 49.5. The molecule has 5 heavy (non-hydrogen) atoms. The minimum Gasteiger partial charge on any atom is -1.00 e. The molecule has 0 saturated carbocycles. The van der Waals surface area contributed by atoms with Crippen LogP contribution in [0.5, 0.6) is 0 Å². The zero-order valence-corrected chi connectivity index (χ0v) is 6.68. The third-order valence-electron chi connectivity index (χ3n) is 0. The molecular weight excluding hydrogens is 124 g/mol. The van der Waals surface area contributed by atoms with Gasteiger partial charge in [0.15, 0.2) is 0 Å². The van der Waals surface area contributed by atoms with Crippen molar-refractivity contribution in [3.05, 3.63) is 0 Å². The molecule has 0 amide bonds. The molecule has 0 bridgehead atoms. The van der Waals surface area contributed by atoms with Gasteiger partial charge in [-0.15, -0.1) is 0 Å². The molecule has 0 saturated heterocycles. The van der Waals surface area contributed by atoms with E-state index >= 15 is 0 Å². The minimum atomic E-state index is 0. The van der Waals surface area contributed by atoms with Gasteiger partial charge in [0.05, 0.1) is 0 Å². The van der Waals surface area contributed by atoms with Gasteiger partial charge in [0.2, 0.25) is 0 Å². The predicted octanol–water partition coefficient (Wildman–Crippen LogP) is -6.12. The largest absolute Gasteiger partial charge is 1.00 e. The Morgan fingerprint density at radius 1 is 1.20 bits per heavy atom. The molecule has 0 aromatic heterocycles. The second-order valence-corrected chi connectivity index (χ2v) is 0. The van der Waals surface area contributed by atoms with Crippen LogP contribution in [0.3, 0.4) is 0 Å². The van der Waals surface area contributed by atoms with Gasteiger partial charge >= 0.3 is 29.6 Å². The summed E-state index contributed by atoms with van der Waals surface area (Å²) in [4.78, 5) is 0. The van der Waals surface area contributed by atoms with Gasteiger partial charge in [0.25, 0.3) is 0 Å². The van der Waals surface area contributed by atoms with Crippen molar-refractivity contribution in [2.45, 2.75) is 0 Å². The smallest absolute Gasteiger partial charge is 1.00 e. The van der Waals surface area contributed by atoms with Gasteiger partial charge in [-0.25, -0.2) is 11.9 Å². The quantitative estimate of drug-likeness (QED) is 0.324. The summed E-state index contributed by atoms with van der Waals surface area (Å²) in [6.07, 6.45) is 0. The number of hydrogen-bond acceptors (Lipinski definition) is 1. The molecule has 0 aliphatic rings. The molecule has 0 atom stereocenters. The molecule has 0 spiro atoms. The van der Waals surface area contributed by atoms with Crippen molar-refractivity contribution >= 4 is 11.9 Å². The zero-order chi connectivity index (χ0) is 2.00. The van der Waals surface area contributed by atoms with E-state index in [1.165, 1.54) is 0 Å². The first-order valence-corrected chi connectivity index (χ1v) is 0.463. The maximum atomic E-state index is 7.72. The van der Waals surface area contributed by atoms with Crippen LogP contribution in [0.15, 0.2) is 0 Å². The van der Waals surface area contributed by atoms with Gasteiger partial charge in [-0.3, -0.25) is 0 Å². The van der Waals surface area contributed by atoms with E-state index in [9.17, 15) is 0 Å². The molecule has 4 N–H and O–H groups in total. The predicted molar refractivity (Wildman–Crippen MR) is 11.8 cm³/mol. The van der Waals surface area contributed by atoms with Crippen molar-refractivity contribution < 1.29 is 46.6 Å². The molecule has 0 rings (SSSR count). The SMILES string of the molecule is [Cl-].[NH4+].[Na+].[O-]Cl. The van der Waals surface area contributed by atoms with E-state index in [1.807, 2.05) is 0 Å². The molecule has 0 aromatic rings. The Bertz CT molecular complexity index is 9.61. The molecule has 0 aliphatic heterocycles. The maximum absolute atomic E-state index is 7.72. The summed E-state index contributed by atoms with van der Waals surface area (Å²) in [7, 11) is 0. The van der Waals surface area contributed by atoms with Crippen molar-refractivity contribution in [2.24, 2.45) is 0 Å². The molecule has 2 nitrogen and oxygen atoms in total. The normalized spacial score (nSPS) is 1.20. The first kappa shape index (κ1) is 31.5. The van der Waals surface area contributed by atoms with Crippen LogP contribution in [-0.4, -0.2) is 0 Å². The van der Waals surface area contributed by atoms with Crippen LogP contribution in [0.2, 0.25) is 0 Å². The standard InChI is InChI=1S/ClO.ClH.H3N.Na/c1-2;;;/h;1H;1H3;/q-1;;;+1. The van der Waals surface area contributed by atoms with E-state index in [-0.39, 0.29) is 48.1 Å². The fourth-order valence-electron chi connectivity index (χ4n) is 0. The third kappa shape index (κ3) is 29.9. The molecule has 0 unspecified atom stereocenters. The van der Waals surface area contributed by atoms with E-state index in [1.54, 1.807) is 0 Å². The first-order chi connectivity index (χ1) is 1.00. The summed E-state index contributed by atoms with van der Waals surface area (Å²) in [6.45, 7) is 0. The summed E-state index contributed by atoms with van der Waals surface area (Å²) in [5.74, 6) is 0. The Morgan fingerprint density at radius 2 is 1.20 bits per heavy atom. The monoisotopic (exact) mass is 127 g/mol. The average Bonchev–Trinajstić information content (AvgIpc) is 1.00. The Morgan fingerprint density at radius 3 is 1.20 bits per heavy atom. The van der Waals surface area contributed by atoms with E-state index in [2.05, 4.69) is 11.9 Å². The van der Waals surface area contributed by atoms with E-state index < -0.39 is 0 Å². The number of hydrogen-bond donors (Lipinski definition) is 1. The van der Waals surface area contributed by atoms with E-state index in [0.717, 1.165) is 0 Å². The Balaban J connectivity index is -0.00000000167. The number of rotatable bonds is 0. The Kier molecular flexibility index (Phi) is 311. The molecule has 0 aliphatic carbocycles. The van der Waals surface area contributed by atoms with Gasteiger partial charge in [-0.05, 0) is 0 Å². The van der Waals surface area contributed by atoms with Crippen molar-refractivity contribution in [2.75, 3.05) is 0 Å². The third-order valence-corrected chi connectivity index (χ3v) is 0. The zero-order valence-electron chi connectivity index (χ0n) is 3.16. The molecule has 0 aromatic carbocycles. The minimum absolute atomic E-state index is 0. The number of quaternary nitrogens is 1. The molecule has 30 valence electrons. The van der Waals surface area contributed by atoms with Crippen LogP contribution in [-0.2, 0) is 0 Å². The fourth-order valence-corrected chi connectivity index (χ4v) is 0. The molecule has 0 fully saturated rings. The van der Waals surface area contributed by atoms with Crippen molar-refractivity contribution in [3.8, 4) is 0 Å². The summed E-state index contributed by atoms with van der Waals surface area (Å²) in [6, 6.07) is 0. The Hall–Kier alpha value is 1.50. The topological polar surface area (TPSA) is 59.6 Å². The summed E-state index contributed by atoms with van der Waals surface area (Å²) >= 11 is 3.39. The van der Waals surface area contributed by atoms with Crippen LogP contribution in [0.25, 0.3) is 0 Å². The first-order valence-electron chi connectivity index (χ1n) is 0.154. The van der Waals surface area contributed by atoms with E-state index in [4.69, 9.17) is 4.66 Å². The molecule has 0 radical (unpaired) electrons. The van der Waals surface area contributed by atoms with Gasteiger partial charge in [0.1, 0.15) is 0 Å². The van der Waals surface area contributed by atoms with Gasteiger partial charge < -0.3 is 23.2 Å². The second-order valence-electron chi connectivity index (χ2n) is 0. The number of halogens is 2. The molecular formula is H4Cl2NNaO. The summed E-state index contributed by atoms with van der Waals surface area (Å²) in [5, 5.41) is 0. The van der Waals surface area contributed by atoms with Crippen LogP contribution >= 0.6 is 11.9 Å². The summed E-state index contributed by atoms with van der Waals surface area (Å²) in [5.41, 5.74) is 0. The van der Waals surface area contributed by atoms with Crippen molar-refractivity contribution in [1.29, 1.82) is 0 Å². The molecule has 0 heterocycles. The van der Waals surface area contributed by atoms with Crippen LogP contribution in [0.1, 0.15) is 0 Å². The molecule has 5 heteroatoms. The van der Waals surface area contributed by atoms with Crippen molar-refractivity contribution in [1.82, 2.24) is 6.15 Å². The van der Waals surface area contributed by atoms with Gasteiger partial charge in [0, 0.05) is 0 Å². The fraction of sp³-hybridized carbons (Fsp3) is 0. The van der Waals surface area contributed by atoms with Gasteiger partial charge in [-0.2, -0.15) is 0 Å². The van der Waals surface area contributed by atoms with Gasteiger partial charge in [-0.1, -0.05) is 0 Å². The van der Waals surface area contributed by atoms with Crippen molar-refractivity contribution in [3.63, 3.8) is 0 Å². The van der Waals surface area contributed by atoms with Crippen LogP contribution in [0.4, 0.5) is 0 Å². The van der Waals surface area contributed by atoms with Crippen LogP contribution < -0.4 is 52.8 Å². The average molecular weight is 128 g/mol. The maximum Gasteiger partial charge on any atom is 1.00 e. The van der Waals surface area contributed by atoms with E-state index in [0.29, 0.717) is 0 Å². The summed E-state index contributed by atoms with van der Waals surface area (Å²) < 4.78 is 7.72. The van der Waals surface area contributed by atoms with Crippen LogP contribution in [0, 0.1) is 0 Å².